The van der Waals surface area contributed by atoms with Crippen molar-refractivity contribution < 1.29 is 14.3 Å². The molecule has 7 heteroatoms. The van der Waals surface area contributed by atoms with E-state index in [0.717, 1.165) is 49.0 Å². The van der Waals surface area contributed by atoms with Crippen LogP contribution in [0.15, 0.2) is 36.4 Å². The molecule has 29 heavy (non-hydrogen) atoms. The van der Waals surface area contributed by atoms with Crippen LogP contribution in [0, 0.1) is 11.8 Å². The number of ether oxygens (including phenoxy) is 2. The summed E-state index contributed by atoms with van der Waals surface area (Å²) in [6.45, 7) is 8.97. The Balaban J connectivity index is 1.36. The highest BCUT2D eigenvalue weighted by molar-refractivity contribution is 5.68. The molecule has 2 aromatic rings. The van der Waals surface area contributed by atoms with Crippen LogP contribution in [0.25, 0.3) is 11.3 Å². The van der Waals surface area contributed by atoms with Crippen molar-refractivity contribution in [1.29, 1.82) is 0 Å². The average molecular weight is 396 g/mol. The van der Waals surface area contributed by atoms with Gasteiger partial charge in [0.2, 0.25) is 0 Å². The van der Waals surface area contributed by atoms with E-state index in [1.54, 1.807) is 7.11 Å². The molecule has 2 unspecified atom stereocenters. The molecule has 2 atom stereocenters. The van der Waals surface area contributed by atoms with Gasteiger partial charge in [-0.25, -0.2) is 4.79 Å². The zero-order valence-electron chi connectivity index (χ0n) is 17.5. The molecule has 2 saturated heterocycles. The fraction of sp³-hybridized carbons (Fsp3) is 0.500. The summed E-state index contributed by atoms with van der Waals surface area (Å²) in [5.74, 6) is 2.61. The number of anilines is 1. The smallest absolute Gasteiger partial charge is 0.410 e. The summed E-state index contributed by atoms with van der Waals surface area (Å²) in [4.78, 5) is 16.4. The number of methoxy groups -OCH3 is 1. The first-order valence-electron chi connectivity index (χ1n) is 10.0. The molecule has 0 N–H and O–H groups in total. The van der Waals surface area contributed by atoms with Crippen LogP contribution in [-0.2, 0) is 4.74 Å². The van der Waals surface area contributed by atoms with E-state index in [-0.39, 0.29) is 6.09 Å². The standard InChI is InChI=1S/C22H28N4O3/c1-22(2,3)29-21(27)26-13-16-11-25(12-17(16)14-26)20-10-9-19(23-24-20)15-5-7-18(28-4)8-6-15/h5-10,16-17H,11-14H2,1-4H3. The maximum Gasteiger partial charge on any atom is 0.410 e. The van der Waals surface area contributed by atoms with Gasteiger partial charge < -0.3 is 19.3 Å². The first-order valence-corrected chi connectivity index (χ1v) is 10.0. The van der Waals surface area contributed by atoms with E-state index in [9.17, 15) is 4.79 Å². The maximum atomic E-state index is 12.3. The molecule has 2 fully saturated rings. The minimum absolute atomic E-state index is 0.206. The Hall–Kier alpha value is -2.83. The van der Waals surface area contributed by atoms with Crippen molar-refractivity contribution in [3.05, 3.63) is 36.4 Å². The van der Waals surface area contributed by atoms with Gasteiger partial charge in [-0.15, -0.1) is 10.2 Å². The maximum absolute atomic E-state index is 12.3. The summed E-state index contributed by atoms with van der Waals surface area (Å²) < 4.78 is 10.7. The Kier molecular flexibility index (Phi) is 5.06. The minimum atomic E-state index is -0.456. The number of likely N-dealkylation sites (tertiary alicyclic amines) is 1. The lowest BCUT2D eigenvalue weighted by Crippen LogP contribution is -2.37. The largest absolute Gasteiger partial charge is 0.497 e. The number of carbonyl (C=O) groups is 1. The Bertz CT molecular complexity index is 847. The van der Waals surface area contributed by atoms with Crippen LogP contribution in [0.1, 0.15) is 20.8 Å². The molecule has 2 aliphatic rings. The van der Waals surface area contributed by atoms with Crippen molar-refractivity contribution in [2.45, 2.75) is 26.4 Å². The lowest BCUT2D eigenvalue weighted by Gasteiger charge is -2.26. The van der Waals surface area contributed by atoms with E-state index in [1.165, 1.54) is 0 Å². The molecule has 4 rings (SSSR count). The zero-order valence-corrected chi connectivity index (χ0v) is 17.5. The topological polar surface area (TPSA) is 67.8 Å². The van der Waals surface area contributed by atoms with E-state index in [1.807, 2.05) is 62.1 Å². The predicted octanol–water partition coefficient (Wildman–Crippen LogP) is 3.46. The minimum Gasteiger partial charge on any atom is -0.497 e. The van der Waals surface area contributed by atoms with Crippen LogP contribution < -0.4 is 9.64 Å². The van der Waals surface area contributed by atoms with Crippen LogP contribution in [0.3, 0.4) is 0 Å². The van der Waals surface area contributed by atoms with Gasteiger partial charge in [0.1, 0.15) is 11.4 Å². The van der Waals surface area contributed by atoms with Crippen molar-refractivity contribution in [3.8, 4) is 17.0 Å². The second-order valence-electron chi connectivity index (χ2n) is 8.82. The molecular weight excluding hydrogens is 368 g/mol. The van der Waals surface area contributed by atoms with E-state index in [2.05, 4.69) is 15.1 Å². The third-order valence-corrected chi connectivity index (χ3v) is 5.50. The normalized spacial score (nSPS) is 21.2. The summed E-state index contributed by atoms with van der Waals surface area (Å²) >= 11 is 0. The van der Waals surface area contributed by atoms with Gasteiger partial charge in [-0.3, -0.25) is 0 Å². The molecular formula is C22H28N4O3. The molecule has 1 aromatic heterocycles. The van der Waals surface area contributed by atoms with Gasteiger partial charge in [-0.1, -0.05) is 0 Å². The van der Waals surface area contributed by atoms with Gasteiger partial charge in [0, 0.05) is 43.6 Å². The Labute approximate surface area is 171 Å². The van der Waals surface area contributed by atoms with Crippen LogP contribution in [0.2, 0.25) is 0 Å². The van der Waals surface area contributed by atoms with Gasteiger partial charge in [-0.05, 0) is 57.2 Å². The highest BCUT2D eigenvalue weighted by Crippen LogP contribution is 2.34. The molecule has 2 aliphatic heterocycles. The summed E-state index contributed by atoms with van der Waals surface area (Å²) in [7, 11) is 1.65. The van der Waals surface area contributed by atoms with Crippen molar-refractivity contribution in [1.82, 2.24) is 15.1 Å². The van der Waals surface area contributed by atoms with Crippen LogP contribution in [-0.4, -0.2) is 60.1 Å². The number of hydrogen-bond donors (Lipinski definition) is 0. The van der Waals surface area contributed by atoms with Crippen molar-refractivity contribution in [2.75, 3.05) is 38.2 Å². The van der Waals surface area contributed by atoms with Gasteiger partial charge >= 0.3 is 6.09 Å². The Morgan fingerprint density at radius 1 is 0.966 bits per heavy atom. The highest BCUT2D eigenvalue weighted by Gasteiger charge is 2.43. The fourth-order valence-electron chi connectivity index (χ4n) is 4.07. The Morgan fingerprint density at radius 2 is 1.62 bits per heavy atom. The molecule has 0 bridgehead atoms. The summed E-state index contributed by atoms with van der Waals surface area (Å²) in [6.07, 6.45) is -0.206. The van der Waals surface area contributed by atoms with Crippen molar-refractivity contribution in [2.24, 2.45) is 11.8 Å². The monoisotopic (exact) mass is 396 g/mol. The van der Waals surface area contributed by atoms with Crippen molar-refractivity contribution >= 4 is 11.9 Å². The van der Waals surface area contributed by atoms with Gasteiger partial charge in [0.05, 0.1) is 12.8 Å². The summed E-state index contributed by atoms with van der Waals surface area (Å²) in [5.41, 5.74) is 1.39. The Morgan fingerprint density at radius 3 is 2.14 bits per heavy atom. The molecule has 3 heterocycles. The number of aromatic nitrogens is 2. The zero-order chi connectivity index (χ0) is 20.6. The lowest BCUT2D eigenvalue weighted by molar-refractivity contribution is 0.0282. The third kappa shape index (κ3) is 4.28. The van der Waals surface area contributed by atoms with Gasteiger partial charge in [0.15, 0.2) is 5.82 Å². The third-order valence-electron chi connectivity index (χ3n) is 5.50. The van der Waals surface area contributed by atoms with Crippen LogP contribution >= 0.6 is 0 Å². The number of benzene rings is 1. The number of hydrogen-bond acceptors (Lipinski definition) is 6. The number of carbonyl (C=O) groups excluding carboxylic acids is 1. The molecule has 0 saturated carbocycles. The molecule has 7 nitrogen and oxygen atoms in total. The van der Waals surface area contributed by atoms with Gasteiger partial charge in [-0.2, -0.15) is 0 Å². The van der Waals surface area contributed by atoms with E-state index >= 15 is 0 Å². The van der Waals surface area contributed by atoms with Crippen molar-refractivity contribution in [3.63, 3.8) is 0 Å². The van der Waals surface area contributed by atoms with Crippen LogP contribution in [0.4, 0.5) is 10.6 Å². The number of nitrogens with zero attached hydrogens (tertiary/aromatic N) is 4. The first-order chi connectivity index (χ1) is 13.8. The summed E-state index contributed by atoms with van der Waals surface area (Å²) in [5, 5.41) is 8.86. The lowest BCUT2D eigenvalue weighted by atomic mass is 10.0. The molecule has 1 aromatic carbocycles. The second-order valence-corrected chi connectivity index (χ2v) is 8.82. The van der Waals surface area contributed by atoms with Gasteiger partial charge in [0.25, 0.3) is 0 Å². The summed E-state index contributed by atoms with van der Waals surface area (Å²) in [6, 6.07) is 11.8. The number of amides is 1. The SMILES string of the molecule is COc1ccc(-c2ccc(N3CC4CN(C(=O)OC(C)(C)C)CC4C3)nn2)cc1. The van der Waals surface area contributed by atoms with Crippen LogP contribution in [0.5, 0.6) is 5.75 Å². The fourth-order valence-corrected chi connectivity index (χ4v) is 4.07. The van der Waals surface area contributed by atoms with E-state index < -0.39 is 5.60 Å². The number of rotatable bonds is 3. The molecule has 154 valence electrons. The first kappa shape index (κ1) is 19.5. The predicted molar refractivity (Wildman–Crippen MR) is 111 cm³/mol. The van der Waals surface area contributed by atoms with E-state index in [4.69, 9.17) is 9.47 Å². The second kappa shape index (κ2) is 7.54. The average Bonchev–Trinajstić information content (AvgIpc) is 3.26. The molecule has 1 amide bonds. The highest BCUT2D eigenvalue weighted by atomic mass is 16.6. The molecule has 0 radical (unpaired) electrons. The molecule has 0 spiro atoms. The quantitative estimate of drug-likeness (QED) is 0.792. The molecule has 0 aliphatic carbocycles. The van der Waals surface area contributed by atoms with E-state index in [0.29, 0.717) is 11.8 Å². The number of fused-ring (bicyclic) bond motifs is 1.